The average molecular weight is 198 g/mol. The minimum Gasteiger partial charge on any atom is -0.390 e. The minimum absolute atomic E-state index is 0.164. The van der Waals surface area contributed by atoms with Crippen molar-refractivity contribution in [2.24, 2.45) is 0 Å². The second-order valence-electron chi connectivity index (χ2n) is 2.21. The fourth-order valence-corrected chi connectivity index (χ4v) is 0.691. The van der Waals surface area contributed by atoms with Crippen molar-refractivity contribution < 1.29 is 10.2 Å². The molecular formula is C6H10N6O2. The Balaban J connectivity index is 0.000000165. The van der Waals surface area contributed by atoms with Crippen molar-refractivity contribution in [1.29, 1.82) is 0 Å². The lowest BCUT2D eigenvalue weighted by Crippen LogP contribution is -1.91. The third-order valence-electron chi connectivity index (χ3n) is 1.34. The molecule has 14 heavy (non-hydrogen) atoms. The Bertz CT molecular complexity index is 296. The van der Waals surface area contributed by atoms with E-state index in [0.717, 1.165) is 0 Å². The molecule has 4 N–H and O–H groups in total. The summed E-state index contributed by atoms with van der Waals surface area (Å²) in [6.07, 6.45) is 3.24. The highest BCUT2D eigenvalue weighted by Gasteiger charge is 2.01. The van der Waals surface area contributed by atoms with Crippen LogP contribution < -0.4 is 0 Å². The third-order valence-corrected chi connectivity index (χ3v) is 1.34. The van der Waals surface area contributed by atoms with E-state index in [9.17, 15) is 0 Å². The Morgan fingerprint density at radius 1 is 1.21 bits per heavy atom. The number of aliphatic hydroxyl groups is 2. The Morgan fingerprint density at radius 3 is 2.43 bits per heavy atom. The van der Waals surface area contributed by atoms with Gasteiger partial charge in [0, 0.05) is 6.20 Å². The fraction of sp³-hybridized carbons (Fsp3) is 0.333. The van der Waals surface area contributed by atoms with Crippen molar-refractivity contribution in [2.45, 2.75) is 13.2 Å². The van der Waals surface area contributed by atoms with Gasteiger partial charge < -0.3 is 10.2 Å². The van der Waals surface area contributed by atoms with Crippen LogP contribution >= 0.6 is 0 Å². The molecule has 0 aromatic carbocycles. The van der Waals surface area contributed by atoms with E-state index < -0.39 is 0 Å². The normalized spacial score (nSPS) is 9.29. The van der Waals surface area contributed by atoms with Gasteiger partial charge in [0.05, 0.1) is 25.1 Å². The summed E-state index contributed by atoms with van der Waals surface area (Å²) in [4.78, 5) is 0. The van der Waals surface area contributed by atoms with Crippen molar-refractivity contribution in [3.05, 3.63) is 23.8 Å². The maximum absolute atomic E-state index is 8.52. The first-order chi connectivity index (χ1) is 6.88. The summed E-state index contributed by atoms with van der Waals surface area (Å²) < 4.78 is 0. The first-order valence-corrected chi connectivity index (χ1v) is 3.79. The molecule has 0 saturated heterocycles. The van der Waals surface area contributed by atoms with Crippen molar-refractivity contribution in [2.75, 3.05) is 0 Å². The van der Waals surface area contributed by atoms with Crippen LogP contribution in [-0.2, 0) is 13.2 Å². The van der Waals surface area contributed by atoms with Crippen molar-refractivity contribution >= 4 is 0 Å². The maximum atomic E-state index is 8.52. The van der Waals surface area contributed by atoms with Crippen molar-refractivity contribution in [3.8, 4) is 0 Å². The largest absolute Gasteiger partial charge is 0.390 e. The van der Waals surface area contributed by atoms with Crippen molar-refractivity contribution in [3.63, 3.8) is 0 Å². The first-order valence-electron chi connectivity index (χ1n) is 3.79. The summed E-state index contributed by atoms with van der Waals surface area (Å²) >= 11 is 0. The predicted molar refractivity (Wildman–Crippen MR) is 44.6 cm³/mol. The standard InChI is InChI=1S/C4H7N3O2.C2H3N3/c8-1-3-4(2-9)6-7-5-3;1-2-4-5-3-1/h8-9H,1-2H2,(H,5,6,7);1-2H,(H,3,4,5). The molecule has 0 radical (unpaired) electrons. The molecule has 2 heterocycles. The average Bonchev–Trinajstić information content (AvgIpc) is 2.91. The number of hydrogen-bond donors (Lipinski definition) is 4. The lowest BCUT2D eigenvalue weighted by Gasteiger charge is -1.88. The molecule has 0 fully saturated rings. The quantitative estimate of drug-likeness (QED) is 0.470. The smallest absolute Gasteiger partial charge is 0.113 e. The SMILES string of the molecule is OCc1nn[nH]c1CO.c1c[nH]nn1. The Morgan fingerprint density at radius 2 is 2.07 bits per heavy atom. The van der Waals surface area contributed by atoms with Crippen LogP contribution in [0.3, 0.4) is 0 Å². The van der Waals surface area contributed by atoms with Gasteiger partial charge in [-0.2, -0.15) is 0 Å². The number of aromatic amines is 2. The molecule has 2 aromatic rings. The molecule has 8 heteroatoms. The van der Waals surface area contributed by atoms with Crippen molar-refractivity contribution in [1.82, 2.24) is 30.8 Å². The Hall–Kier alpha value is -1.80. The number of aromatic nitrogens is 6. The van der Waals surface area contributed by atoms with E-state index >= 15 is 0 Å². The number of hydrogen-bond acceptors (Lipinski definition) is 6. The van der Waals surface area contributed by atoms with Crippen LogP contribution in [0.2, 0.25) is 0 Å². The summed E-state index contributed by atoms with van der Waals surface area (Å²) in [6, 6.07) is 0. The van der Waals surface area contributed by atoms with Crippen LogP contribution in [0.15, 0.2) is 12.4 Å². The summed E-state index contributed by atoms with van der Waals surface area (Å²) in [5.41, 5.74) is 0.870. The molecule has 2 rings (SSSR count). The molecule has 76 valence electrons. The monoisotopic (exact) mass is 198 g/mol. The zero-order valence-electron chi connectivity index (χ0n) is 7.25. The predicted octanol–water partition coefficient (Wildman–Crippen LogP) is -1.41. The van der Waals surface area contributed by atoms with Crippen LogP contribution in [0.5, 0.6) is 0 Å². The van der Waals surface area contributed by atoms with E-state index in [-0.39, 0.29) is 13.2 Å². The summed E-state index contributed by atoms with van der Waals surface area (Å²) in [6.45, 7) is -0.352. The molecule has 0 spiro atoms. The number of H-pyrrole nitrogens is 2. The highest BCUT2D eigenvalue weighted by atomic mass is 16.3. The van der Waals surface area contributed by atoms with Crippen LogP contribution in [0.4, 0.5) is 0 Å². The highest BCUT2D eigenvalue weighted by molar-refractivity contribution is 5.04. The molecule has 0 aliphatic heterocycles. The van der Waals surface area contributed by atoms with E-state index in [1.165, 1.54) is 0 Å². The van der Waals surface area contributed by atoms with Gasteiger partial charge in [-0.3, -0.25) is 10.2 Å². The number of nitrogens with zero attached hydrogens (tertiary/aromatic N) is 4. The lowest BCUT2D eigenvalue weighted by molar-refractivity contribution is 0.255. The zero-order valence-corrected chi connectivity index (χ0v) is 7.25. The van der Waals surface area contributed by atoms with Gasteiger partial charge >= 0.3 is 0 Å². The highest BCUT2D eigenvalue weighted by Crippen LogP contribution is 1.98. The number of aliphatic hydroxyl groups excluding tert-OH is 2. The summed E-state index contributed by atoms with van der Waals surface area (Å²) in [5, 5.41) is 35.6. The van der Waals surface area contributed by atoms with E-state index in [2.05, 4.69) is 30.8 Å². The number of rotatable bonds is 2. The minimum atomic E-state index is -0.188. The molecule has 0 aliphatic carbocycles. The lowest BCUT2D eigenvalue weighted by atomic mass is 10.3. The summed E-state index contributed by atoms with van der Waals surface area (Å²) in [5.74, 6) is 0. The molecule has 0 aliphatic rings. The number of nitrogens with one attached hydrogen (secondary N) is 2. The second-order valence-corrected chi connectivity index (χ2v) is 2.21. The fourth-order valence-electron chi connectivity index (χ4n) is 0.691. The maximum Gasteiger partial charge on any atom is 0.113 e. The third kappa shape index (κ3) is 2.92. The van der Waals surface area contributed by atoms with Gasteiger partial charge in [-0.25, -0.2) is 0 Å². The summed E-state index contributed by atoms with van der Waals surface area (Å²) in [7, 11) is 0. The van der Waals surface area contributed by atoms with Gasteiger partial charge in [0.15, 0.2) is 0 Å². The molecule has 0 unspecified atom stereocenters. The van der Waals surface area contributed by atoms with E-state index in [0.29, 0.717) is 11.4 Å². The topological polar surface area (TPSA) is 124 Å². The molecule has 0 atom stereocenters. The first kappa shape index (κ1) is 10.3. The zero-order chi connectivity index (χ0) is 10.2. The van der Waals surface area contributed by atoms with Gasteiger partial charge in [0.25, 0.3) is 0 Å². The van der Waals surface area contributed by atoms with Gasteiger partial charge in [-0.15, -0.1) is 10.2 Å². The van der Waals surface area contributed by atoms with Crippen LogP contribution in [-0.4, -0.2) is 41.0 Å². The van der Waals surface area contributed by atoms with Gasteiger partial charge in [-0.05, 0) is 0 Å². The van der Waals surface area contributed by atoms with E-state index in [1.807, 2.05) is 0 Å². The van der Waals surface area contributed by atoms with Gasteiger partial charge in [0.1, 0.15) is 5.69 Å². The molecule has 0 bridgehead atoms. The second kappa shape index (κ2) is 5.78. The van der Waals surface area contributed by atoms with Gasteiger partial charge in [0.2, 0.25) is 0 Å². The Kier molecular flexibility index (Phi) is 4.24. The van der Waals surface area contributed by atoms with E-state index in [1.54, 1.807) is 12.4 Å². The molecular weight excluding hydrogens is 188 g/mol. The Labute approximate surface area is 79.0 Å². The molecule has 0 saturated carbocycles. The van der Waals surface area contributed by atoms with E-state index in [4.69, 9.17) is 10.2 Å². The molecule has 8 nitrogen and oxygen atoms in total. The molecule has 2 aromatic heterocycles. The molecule has 0 amide bonds. The van der Waals surface area contributed by atoms with Crippen LogP contribution in [0, 0.1) is 0 Å². The van der Waals surface area contributed by atoms with Crippen LogP contribution in [0.25, 0.3) is 0 Å². The van der Waals surface area contributed by atoms with Gasteiger partial charge in [-0.1, -0.05) is 10.4 Å². The van der Waals surface area contributed by atoms with Crippen LogP contribution in [0.1, 0.15) is 11.4 Å².